The number of carbonyl (C=O) groups is 1. The molecule has 0 spiro atoms. The topological polar surface area (TPSA) is 92.2 Å². The zero-order chi connectivity index (χ0) is 29.4. The van der Waals surface area contributed by atoms with Gasteiger partial charge in [0.05, 0.1) is 6.61 Å². The zero-order valence-corrected chi connectivity index (χ0v) is 26.7. The number of hydrogen-bond donors (Lipinski definition) is 3. The van der Waals surface area contributed by atoms with E-state index >= 15 is 0 Å². The van der Waals surface area contributed by atoms with E-state index in [2.05, 4.69) is 42.7 Å². The first-order valence-electron chi connectivity index (χ1n) is 14.6. The van der Waals surface area contributed by atoms with Crippen LogP contribution in [-0.4, -0.2) is 42.2 Å². The van der Waals surface area contributed by atoms with Crippen LogP contribution >= 0.6 is 31.9 Å². The second kappa shape index (κ2) is 14.6. The Bertz CT molecular complexity index is 1360. The molecule has 1 heterocycles. The highest BCUT2D eigenvalue weighted by atomic mass is 79.9. The summed E-state index contributed by atoms with van der Waals surface area (Å²) in [6.07, 6.45) is 6.36. The molecule has 9 heteroatoms. The molecule has 0 saturated heterocycles. The lowest BCUT2D eigenvalue weighted by atomic mass is 9.82. The normalized spacial score (nSPS) is 20.5. The Balaban J connectivity index is 1.49. The summed E-state index contributed by atoms with van der Waals surface area (Å²) in [6.45, 7) is 1.24. The predicted octanol–water partition coefficient (Wildman–Crippen LogP) is 6.67. The van der Waals surface area contributed by atoms with E-state index in [9.17, 15) is 4.79 Å². The maximum absolute atomic E-state index is 14.3. The molecule has 1 amide bonds. The SMILES string of the molecule is O=C(NNCC1CCCCC1)[C@@]1(Cc2ccc(Br)cc2)N=C(c2ccc(OCCCO)cc2)O[C@H]1c1ccccc1Br. The fourth-order valence-electron chi connectivity index (χ4n) is 5.64. The van der Waals surface area contributed by atoms with E-state index < -0.39 is 11.6 Å². The van der Waals surface area contributed by atoms with Gasteiger partial charge in [-0.25, -0.2) is 10.4 Å². The van der Waals surface area contributed by atoms with Gasteiger partial charge in [0.1, 0.15) is 5.75 Å². The highest BCUT2D eigenvalue weighted by Crippen LogP contribution is 2.44. The molecule has 2 atom stereocenters. The number of rotatable bonds is 12. The molecule has 42 heavy (non-hydrogen) atoms. The lowest BCUT2D eigenvalue weighted by Gasteiger charge is -2.32. The fraction of sp³-hybridized carbons (Fsp3) is 0.394. The van der Waals surface area contributed by atoms with Gasteiger partial charge in [-0.3, -0.25) is 10.2 Å². The highest BCUT2D eigenvalue weighted by Gasteiger charge is 2.54. The summed E-state index contributed by atoms with van der Waals surface area (Å²) >= 11 is 7.23. The summed E-state index contributed by atoms with van der Waals surface area (Å²) in [7, 11) is 0. The van der Waals surface area contributed by atoms with Gasteiger partial charge in [0.2, 0.25) is 5.90 Å². The van der Waals surface area contributed by atoms with E-state index in [0.717, 1.165) is 32.2 Å². The average Bonchev–Trinajstić information content (AvgIpc) is 3.39. The summed E-state index contributed by atoms with van der Waals surface area (Å²) in [5.74, 6) is 1.41. The number of aliphatic hydroxyl groups excluding tert-OH is 1. The van der Waals surface area contributed by atoms with E-state index in [1.165, 1.54) is 32.1 Å². The molecule has 5 rings (SSSR count). The van der Waals surface area contributed by atoms with Crippen LogP contribution in [0.5, 0.6) is 5.75 Å². The van der Waals surface area contributed by atoms with Crippen LogP contribution in [0.25, 0.3) is 0 Å². The fourth-order valence-corrected chi connectivity index (χ4v) is 6.39. The van der Waals surface area contributed by atoms with Crippen LogP contribution in [0.1, 0.15) is 61.3 Å². The molecule has 0 bridgehead atoms. The van der Waals surface area contributed by atoms with Crippen molar-refractivity contribution in [2.45, 2.75) is 56.6 Å². The number of amides is 1. The minimum atomic E-state index is -1.27. The van der Waals surface area contributed by atoms with Gasteiger partial charge in [-0.05, 0) is 66.8 Å². The monoisotopic (exact) mass is 697 g/mol. The van der Waals surface area contributed by atoms with Gasteiger partial charge < -0.3 is 14.6 Å². The number of benzene rings is 3. The number of ether oxygens (including phenoxy) is 2. The number of hydrazine groups is 1. The second-order valence-corrected chi connectivity index (χ2v) is 12.7. The van der Waals surface area contributed by atoms with Gasteiger partial charge in [-0.1, -0.05) is 81.5 Å². The first-order chi connectivity index (χ1) is 20.5. The zero-order valence-electron chi connectivity index (χ0n) is 23.5. The van der Waals surface area contributed by atoms with Gasteiger partial charge in [0.25, 0.3) is 5.91 Å². The van der Waals surface area contributed by atoms with Gasteiger partial charge >= 0.3 is 0 Å². The first-order valence-corrected chi connectivity index (χ1v) is 16.2. The van der Waals surface area contributed by atoms with Crippen LogP contribution < -0.4 is 15.6 Å². The van der Waals surface area contributed by atoms with E-state index in [1.807, 2.05) is 72.8 Å². The molecule has 0 radical (unpaired) electrons. The van der Waals surface area contributed by atoms with E-state index in [-0.39, 0.29) is 12.5 Å². The highest BCUT2D eigenvalue weighted by molar-refractivity contribution is 9.10. The maximum atomic E-state index is 14.3. The Morgan fingerprint density at radius 2 is 1.74 bits per heavy atom. The molecule has 0 aromatic heterocycles. The van der Waals surface area contributed by atoms with Gasteiger partial charge in [0, 0.05) is 46.1 Å². The van der Waals surface area contributed by atoms with E-state index in [1.54, 1.807) is 0 Å². The molecule has 3 aromatic carbocycles. The number of nitrogens with zero attached hydrogens (tertiary/aromatic N) is 1. The number of hydrogen-bond acceptors (Lipinski definition) is 6. The standard InChI is InChI=1S/C33H37Br2N3O4/c34-26-15-11-23(12-16-26)21-33(32(40)38-36-22-24-7-2-1-3-8-24)30(28-9-4-5-10-29(28)35)42-31(37-33)25-13-17-27(18-14-25)41-20-6-19-39/h4-5,9-18,24,30,36,39H,1-3,6-8,19-22H2,(H,38,40)/t30-,33-/m0/s1. The van der Waals surface area contributed by atoms with E-state index in [4.69, 9.17) is 19.6 Å². The molecular weight excluding hydrogens is 662 g/mol. The molecule has 7 nitrogen and oxygen atoms in total. The predicted molar refractivity (Wildman–Crippen MR) is 171 cm³/mol. The van der Waals surface area contributed by atoms with Crippen LogP contribution in [0.3, 0.4) is 0 Å². The Hall–Kier alpha value is -2.72. The number of carbonyl (C=O) groups excluding carboxylic acids is 1. The minimum Gasteiger partial charge on any atom is -0.494 e. The molecule has 0 unspecified atom stereocenters. The summed E-state index contributed by atoms with van der Waals surface area (Å²) < 4.78 is 14.2. The van der Waals surface area contributed by atoms with E-state index in [0.29, 0.717) is 37.0 Å². The maximum Gasteiger partial charge on any atom is 0.266 e. The van der Waals surface area contributed by atoms with Crippen molar-refractivity contribution < 1.29 is 19.4 Å². The van der Waals surface area contributed by atoms with Crippen LogP contribution in [0.2, 0.25) is 0 Å². The molecular formula is C33H37Br2N3O4. The van der Waals surface area contributed by atoms with Crippen molar-refractivity contribution in [3.05, 3.63) is 98.4 Å². The van der Waals surface area contributed by atoms with Crippen LogP contribution in [0.15, 0.2) is 86.7 Å². The van der Waals surface area contributed by atoms with Crippen molar-refractivity contribution in [3.63, 3.8) is 0 Å². The summed E-state index contributed by atoms with van der Waals surface area (Å²) in [5, 5.41) is 9.05. The van der Waals surface area contributed by atoms with Crippen molar-refractivity contribution >= 4 is 43.7 Å². The van der Waals surface area contributed by atoms with Crippen LogP contribution in [0, 0.1) is 5.92 Å². The van der Waals surface area contributed by atoms with Crippen molar-refractivity contribution in [1.82, 2.24) is 10.9 Å². The molecule has 1 saturated carbocycles. The van der Waals surface area contributed by atoms with Crippen LogP contribution in [-0.2, 0) is 16.0 Å². The largest absolute Gasteiger partial charge is 0.494 e. The molecule has 3 aromatic rings. The molecule has 2 aliphatic rings. The molecule has 3 N–H and O–H groups in total. The van der Waals surface area contributed by atoms with Gasteiger partial charge in [-0.15, -0.1) is 0 Å². The second-order valence-electron chi connectivity index (χ2n) is 11.0. The summed E-state index contributed by atoms with van der Waals surface area (Å²) in [6, 6.07) is 23.3. The van der Waals surface area contributed by atoms with Crippen molar-refractivity contribution in [2.75, 3.05) is 19.8 Å². The lowest BCUT2D eigenvalue weighted by Crippen LogP contribution is -2.54. The third-order valence-electron chi connectivity index (χ3n) is 7.92. The third-order valence-corrected chi connectivity index (χ3v) is 9.17. The number of aliphatic hydroxyl groups is 1. The molecule has 222 valence electrons. The summed E-state index contributed by atoms with van der Waals surface area (Å²) in [5.41, 5.74) is 7.57. The summed E-state index contributed by atoms with van der Waals surface area (Å²) in [4.78, 5) is 19.4. The quantitative estimate of drug-likeness (QED) is 0.145. The van der Waals surface area contributed by atoms with Gasteiger partial charge in [0.15, 0.2) is 11.6 Å². The Labute approximate surface area is 264 Å². The number of aliphatic imine (C=N–C) groups is 1. The third kappa shape index (κ3) is 7.43. The minimum absolute atomic E-state index is 0.0805. The van der Waals surface area contributed by atoms with Crippen molar-refractivity contribution in [1.29, 1.82) is 0 Å². The van der Waals surface area contributed by atoms with Crippen LogP contribution in [0.4, 0.5) is 0 Å². The Morgan fingerprint density at radius 3 is 2.45 bits per heavy atom. The molecule has 1 fully saturated rings. The van der Waals surface area contributed by atoms with Crippen molar-refractivity contribution in [3.8, 4) is 5.75 Å². The molecule has 1 aliphatic heterocycles. The number of nitrogens with one attached hydrogen (secondary N) is 2. The Morgan fingerprint density at radius 1 is 1.00 bits per heavy atom. The molecule has 1 aliphatic carbocycles. The smallest absolute Gasteiger partial charge is 0.266 e. The Kier molecular flexibility index (Phi) is 10.7. The lowest BCUT2D eigenvalue weighted by molar-refractivity contribution is -0.130. The van der Waals surface area contributed by atoms with Gasteiger partial charge in [-0.2, -0.15) is 0 Å². The average molecular weight is 699 g/mol. The first kappa shape index (κ1) is 30.7. The van der Waals surface area contributed by atoms with Crippen molar-refractivity contribution in [2.24, 2.45) is 10.9 Å². The number of halogens is 2.